The van der Waals surface area contributed by atoms with Crippen LogP contribution in [0.15, 0.2) is 24.3 Å². The van der Waals surface area contributed by atoms with Gasteiger partial charge in [-0.1, -0.05) is 12.8 Å². The number of rotatable bonds is 9. The third kappa shape index (κ3) is 6.29. The lowest BCUT2D eigenvalue weighted by molar-refractivity contribution is -0.145. The van der Waals surface area contributed by atoms with Gasteiger partial charge >= 0.3 is 5.97 Å². The number of nitrogens with one attached hydrogen (secondary N) is 1. The van der Waals surface area contributed by atoms with E-state index < -0.39 is 5.97 Å². The maximum Gasteiger partial charge on any atom is 0.306 e. The molecule has 0 unspecified atom stereocenters. The van der Waals surface area contributed by atoms with Gasteiger partial charge in [0.2, 0.25) is 5.91 Å². The lowest BCUT2D eigenvalue weighted by Gasteiger charge is -2.28. The smallest absolute Gasteiger partial charge is 0.306 e. The molecule has 2 N–H and O–H groups in total. The number of carbonyl (C=O) groups excluding carboxylic acids is 1. The molecular formula is C19H27NO5. The number of carbonyl (C=O) groups is 2. The van der Waals surface area contributed by atoms with Crippen LogP contribution in [-0.4, -0.2) is 37.2 Å². The quantitative estimate of drug-likeness (QED) is 0.670. The van der Waals surface area contributed by atoms with Crippen molar-refractivity contribution in [3.05, 3.63) is 24.3 Å². The number of ether oxygens (including phenoxy) is 2. The zero-order valence-corrected chi connectivity index (χ0v) is 14.7. The van der Waals surface area contributed by atoms with Crippen molar-refractivity contribution in [2.45, 2.75) is 38.5 Å². The topological polar surface area (TPSA) is 84.9 Å². The van der Waals surface area contributed by atoms with Crippen molar-refractivity contribution < 1.29 is 24.2 Å². The van der Waals surface area contributed by atoms with Crippen molar-refractivity contribution >= 4 is 11.9 Å². The predicted octanol–water partition coefficient (Wildman–Crippen LogP) is 2.86. The zero-order chi connectivity index (χ0) is 18.1. The van der Waals surface area contributed by atoms with Crippen LogP contribution in [0.25, 0.3) is 0 Å². The van der Waals surface area contributed by atoms with E-state index in [-0.39, 0.29) is 17.7 Å². The van der Waals surface area contributed by atoms with Crippen LogP contribution in [0.2, 0.25) is 0 Å². The molecule has 0 spiro atoms. The summed E-state index contributed by atoms with van der Waals surface area (Å²) >= 11 is 0. The van der Waals surface area contributed by atoms with Crippen molar-refractivity contribution in [3.8, 4) is 11.5 Å². The molecule has 1 saturated carbocycles. The van der Waals surface area contributed by atoms with Gasteiger partial charge in [-0.2, -0.15) is 0 Å². The highest BCUT2D eigenvalue weighted by Crippen LogP contribution is 2.29. The number of hydrogen-bond acceptors (Lipinski definition) is 4. The van der Waals surface area contributed by atoms with Crippen LogP contribution in [0.1, 0.15) is 38.5 Å². The molecule has 1 aromatic carbocycles. The van der Waals surface area contributed by atoms with Crippen LogP contribution in [0.4, 0.5) is 0 Å². The lowest BCUT2D eigenvalue weighted by Crippen LogP contribution is -2.37. The molecule has 0 aliphatic heterocycles. The molecule has 2 atom stereocenters. The standard InChI is InChI=1S/C19H27NO5/c1-24-15-8-10-16(11-9-15)25-12-4-7-18(21)20-13-14-5-2-3-6-17(14)19(22)23/h8-11,14,17H,2-7,12-13H2,1H3,(H,20,21)(H,22,23)/t14-,17-/m0/s1. The molecule has 0 aromatic heterocycles. The minimum Gasteiger partial charge on any atom is -0.497 e. The second-order valence-corrected chi connectivity index (χ2v) is 6.42. The highest BCUT2D eigenvalue weighted by atomic mass is 16.5. The number of carboxylic acid groups (broad SMARTS) is 1. The molecule has 6 heteroatoms. The summed E-state index contributed by atoms with van der Waals surface area (Å²) in [4.78, 5) is 23.2. The van der Waals surface area contributed by atoms with Gasteiger partial charge < -0.3 is 19.9 Å². The molecule has 1 fully saturated rings. The zero-order valence-electron chi connectivity index (χ0n) is 14.7. The van der Waals surface area contributed by atoms with Gasteiger partial charge in [0.1, 0.15) is 11.5 Å². The van der Waals surface area contributed by atoms with Gasteiger partial charge in [-0.3, -0.25) is 9.59 Å². The van der Waals surface area contributed by atoms with Crippen LogP contribution >= 0.6 is 0 Å². The van der Waals surface area contributed by atoms with Crippen molar-refractivity contribution in [1.29, 1.82) is 0 Å². The van der Waals surface area contributed by atoms with E-state index in [0.29, 0.717) is 32.4 Å². The Balaban J connectivity index is 1.62. The fourth-order valence-electron chi connectivity index (χ4n) is 3.21. The van der Waals surface area contributed by atoms with Gasteiger partial charge in [0, 0.05) is 13.0 Å². The number of hydrogen-bond donors (Lipinski definition) is 2. The van der Waals surface area contributed by atoms with Gasteiger partial charge in [0.05, 0.1) is 19.6 Å². The molecule has 2 rings (SSSR count). The SMILES string of the molecule is COc1ccc(OCCCC(=O)NC[C@@H]2CCCC[C@@H]2C(=O)O)cc1. The first kappa shape index (κ1) is 19.1. The third-order valence-corrected chi connectivity index (χ3v) is 4.66. The molecular weight excluding hydrogens is 322 g/mol. The molecule has 6 nitrogen and oxygen atoms in total. The monoisotopic (exact) mass is 349 g/mol. The minimum atomic E-state index is -0.744. The molecule has 0 radical (unpaired) electrons. The maximum atomic E-state index is 11.9. The predicted molar refractivity (Wildman–Crippen MR) is 93.8 cm³/mol. The van der Waals surface area contributed by atoms with Crippen LogP contribution in [-0.2, 0) is 9.59 Å². The first-order valence-electron chi connectivity index (χ1n) is 8.86. The molecule has 0 bridgehead atoms. The van der Waals surface area contributed by atoms with E-state index in [1.54, 1.807) is 7.11 Å². The fourth-order valence-corrected chi connectivity index (χ4v) is 3.21. The first-order valence-corrected chi connectivity index (χ1v) is 8.86. The van der Waals surface area contributed by atoms with Gasteiger partial charge in [0.25, 0.3) is 0 Å². The Bertz CT molecular complexity index is 557. The van der Waals surface area contributed by atoms with Gasteiger partial charge in [-0.15, -0.1) is 0 Å². The molecule has 138 valence electrons. The Morgan fingerprint density at radius 3 is 2.52 bits per heavy atom. The lowest BCUT2D eigenvalue weighted by atomic mass is 9.79. The molecule has 1 aliphatic carbocycles. The minimum absolute atomic E-state index is 0.0470. The summed E-state index contributed by atoms with van der Waals surface area (Å²) in [5, 5.41) is 12.1. The summed E-state index contributed by atoms with van der Waals surface area (Å²) in [6.45, 7) is 0.913. The van der Waals surface area contributed by atoms with Crippen molar-refractivity contribution in [3.63, 3.8) is 0 Å². The van der Waals surface area contributed by atoms with Crippen LogP contribution < -0.4 is 14.8 Å². The summed E-state index contributed by atoms with van der Waals surface area (Å²) in [5.74, 6) is 0.444. The molecule has 0 heterocycles. The number of benzene rings is 1. The Hall–Kier alpha value is -2.24. The van der Waals surface area contributed by atoms with Crippen molar-refractivity contribution in [2.24, 2.45) is 11.8 Å². The van der Waals surface area contributed by atoms with Gasteiger partial charge in [0.15, 0.2) is 0 Å². The van der Waals surface area contributed by atoms with E-state index in [0.717, 1.165) is 30.8 Å². The van der Waals surface area contributed by atoms with Crippen molar-refractivity contribution in [2.75, 3.05) is 20.3 Å². The molecule has 1 aromatic rings. The summed E-state index contributed by atoms with van der Waals surface area (Å²) in [5.41, 5.74) is 0. The van der Waals surface area contributed by atoms with Crippen LogP contribution in [0.5, 0.6) is 11.5 Å². The number of aliphatic carboxylic acids is 1. The van der Waals surface area contributed by atoms with Crippen LogP contribution in [0.3, 0.4) is 0 Å². The van der Waals surface area contributed by atoms with E-state index in [2.05, 4.69) is 5.32 Å². The largest absolute Gasteiger partial charge is 0.497 e. The van der Waals surface area contributed by atoms with E-state index >= 15 is 0 Å². The maximum absolute atomic E-state index is 11.9. The summed E-state index contributed by atoms with van der Waals surface area (Å²) in [7, 11) is 1.61. The average Bonchev–Trinajstić information content (AvgIpc) is 2.64. The highest BCUT2D eigenvalue weighted by Gasteiger charge is 2.30. The molecule has 25 heavy (non-hydrogen) atoms. The first-order chi connectivity index (χ1) is 12.1. The van der Waals surface area contributed by atoms with E-state index in [4.69, 9.17) is 9.47 Å². The Morgan fingerprint density at radius 1 is 1.16 bits per heavy atom. The molecule has 1 amide bonds. The van der Waals surface area contributed by atoms with Gasteiger partial charge in [-0.05, 0) is 49.4 Å². The van der Waals surface area contributed by atoms with Crippen LogP contribution in [0, 0.1) is 11.8 Å². The van der Waals surface area contributed by atoms with E-state index in [1.807, 2.05) is 24.3 Å². The number of methoxy groups -OCH3 is 1. The Morgan fingerprint density at radius 2 is 1.84 bits per heavy atom. The Kier molecular flexibility index (Phi) is 7.57. The van der Waals surface area contributed by atoms with E-state index in [9.17, 15) is 14.7 Å². The summed E-state index contributed by atoms with van der Waals surface area (Å²) in [6.07, 6.45) is 4.58. The second-order valence-electron chi connectivity index (χ2n) is 6.42. The summed E-state index contributed by atoms with van der Waals surface area (Å²) in [6, 6.07) is 7.30. The Labute approximate surface area is 148 Å². The average molecular weight is 349 g/mol. The normalized spacial score (nSPS) is 19.9. The molecule has 0 saturated heterocycles. The van der Waals surface area contributed by atoms with Gasteiger partial charge in [-0.25, -0.2) is 0 Å². The molecule has 1 aliphatic rings. The number of amides is 1. The third-order valence-electron chi connectivity index (χ3n) is 4.66. The van der Waals surface area contributed by atoms with Crippen molar-refractivity contribution in [1.82, 2.24) is 5.32 Å². The summed E-state index contributed by atoms with van der Waals surface area (Å²) < 4.78 is 10.7. The van der Waals surface area contributed by atoms with E-state index in [1.165, 1.54) is 0 Å². The number of carboxylic acids is 1. The fraction of sp³-hybridized carbons (Fsp3) is 0.579. The second kappa shape index (κ2) is 9.91. The highest BCUT2D eigenvalue weighted by molar-refractivity contribution is 5.76.